The van der Waals surface area contributed by atoms with E-state index in [2.05, 4.69) is 0 Å². The minimum Gasteiger partial charge on any atom is -0.491 e. The Morgan fingerprint density at radius 3 is 2.62 bits per heavy atom. The number of amides is 1. The molecule has 0 radical (unpaired) electrons. The van der Waals surface area contributed by atoms with Crippen molar-refractivity contribution >= 4 is 23.2 Å². The summed E-state index contributed by atoms with van der Waals surface area (Å²) in [4.78, 5) is 27.9. The van der Waals surface area contributed by atoms with Crippen molar-refractivity contribution in [1.29, 1.82) is 0 Å². The van der Waals surface area contributed by atoms with E-state index >= 15 is 0 Å². The van der Waals surface area contributed by atoms with Gasteiger partial charge in [-0.05, 0) is 19.4 Å². The van der Waals surface area contributed by atoms with Crippen molar-refractivity contribution in [3.8, 4) is 5.75 Å². The van der Waals surface area contributed by atoms with Gasteiger partial charge in [0.15, 0.2) is 10.6 Å². The van der Waals surface area contributed by atoms with Gasteiger partial charge in [0.25, 0.3) is 5.91 Å². The Balaban J connectivity index is 1.88. The smallest absolute Gasteiger partial charge is 0.352 e. The molecule has 0 aliphatic carbocycles. The Morgan fingerprint density at radius 1 is 1.21 bits per heavy atom. The molecule has 2 heterocycles. The predicted molar refractivity (Wildman–Crippen MR) is 91.5 cm³/mol. The summed E-state index contributed by atoms with van der Waals surface area (Å²) in [6.45, 7) is 5.31. The molecular weight excluding hydrogens is 326 g/mol. The summed E-state index contributed by atoms with van der Waals surface area (Å²) in [6.07, 6.45) is 0. The van der Waals surface area contributed by atoms with Gasteiger partial charge in [0.05, 0.1) is 25.3 Å². The molecule has 3 rings (SSSR count). The third kappa shape index (κ3) is 3.01. The van der Waals surface area contributed by atoms with Gasteiger partial charge in [0.1, 0.15) is 0 Å². The number of fused-ring (bicyclic) bond motifs is 1. The summed E-state index contributed by atoms with van der Waals surface area (Å²) in [5.74, 6) is -0.150. The van der Waals surface area contributed by atoms with Crippen molar-refractivity contribution in [1.82, 2.24) is 4.90 Å². The number of hydrogen-bond acceptors (Lipinski definition) is 5. The van der Waals surface area contributed by atoms with E-state index in [0.717, 1.165) is 10.4 Å². The van der Waals surface area contributed by atoms with Gasteiger partial charge in [-0.25, -0.2) is 4.79 Å². The highest BCUT2D eigenvalue weighted by atomic mass is 32.1. The van der Waals surface area contributed by atoms with E-state index in [4.69, 9.17) is 9.47 Å². The number of esters is 1. The fourth-order valence-electron chi connectivity index (χ4n) is 2.74. The van der Waals surface area contributed by atoms with Crippen LogP contribution < -0.4 is 4.74 Å². The second-order valence-corrected chi connectivity index (χ2v) is 6.46. The van der Waals surface area contributed by atoms with Crippen LogP contribution in [-0.2, 0) is 17.8 Å². The molecule has 0 N–H and O–H groups in total. The van der Waals surface area contributed by atoms with Crippen LogP contribution >= 0.6 is 11.3 Å². The van der Waals surface area contributed by atoms with E-state index in [9.17, 15) is 9.59 Å². The van der Waals surface area contributed by atoms with Crippen LogP contribution in [0.3, 0.4) is 0 Å². The van der Waals surface area contributed by atoms with Crippen LogP contribution in [0.2, 0.25) is 0 Å². The third-order valence-corrected chi connectivity index (χ3v) is 4.87. The first kappa shape index (κ1) is 16.5. The maximum atomic E-state index is 12.8. The summed E-state index contributed by atoms with van der Waals surface area (Å²) in [7, 11) is 0. The molecule has 0 spiro atoms. The van der Waals surface area contributed by atoms with Crippen molar-refractivity contribution in [2.75, 3.05) is 13.2 Å². The predicted octanol–water partition coefficient (Wildman–Crippen LogP) is 3.48. The molecule has 0 saturated carbocycles. The monoisotopic (exact) mass is 345 g/mol. The zero-order valence-corrected chi connectivity index (χ0v) is 14.5. The van der Waals surface area contributed by atoms with Crippen LogP contribution in [0.4, 0.5) is 0 Å². The summed E-state index contributed by atoms with van der Waals surface area (Å²) in [6, 6.07) is 9.84. The molecule has 0 unspecified atom stereocenters. The van der Waals surface area contributed by atoms with Gasteiger partial charge in [-0.3, -0.25) is 4.79 Å². The molecule has 1 aromatic heterocycles. The van der Waals surface area contributed by atoms with Crippen LogP contribution in [0.5, 0.6) is 5.75 Å². The van der Waals surface area contributed by atoms with Gasteiger partial charge < -0.3 is 14.4 Å². The molecule has 1 aliphatic rings. The van der Waals surface area contributed by atoms with Gasteiger partial charge in [0.2, 0.25) is 0 Å². The SMILES string of the molecule is CCOC(=O)c1sc2c(c1OCC)C(=O)N(Cc1ccccc1)C2. The Labute approximate surface area is 144 Å². The van der Waals surface area contributed by atoms with Crippen molar-refractivity contribution in [2.45, 2.75) is 26.9 Å². The second kappa shape index (κ2) is 7.05. The zero-order valence-electron chi connectivity index (χ0n) is 13.7. The van der Waals surface area contributed by atoms with E-state index in [1.807, 2.05) is 37.3 Å². The number of carbonyl (C=O) groups is 2. The topological polar surface area (TPSA) is 55.8 Å². The van der Waals surface area contributed by atoms with Gasteiger partial charge in [-0.2, -0.15) is 0 Å². The van der Waals surface area contributed by atoms with E-state index in [1.165, 1.54) is 11.3 Å². The van der Waals surface area contributed by atoms with Crippen molar-refractivity contribution in [2.24, 2.45) is 0 Å². The fourth-order valence-corrected chi connectivity index (χ4v) is 3.88. The number of nitrogens with zero attached hydrogens (tertiary/aromatic N) is 1. The van der Waals surface area contributed by atoms with Crippen LogP contribution in [0, 0.1) is 0 Å². The summed E-state index contributed by atoms with van der Waals surface area (Å²) < 4.78 is 10.7. The summed E-state index contributed by atoms with van der Waals surface area (Å²) in [5, 5.41) is 0. The Bertz CT molecular complexity index is 754. The number of carbonyl (C=O) groups excluding carboxylic acids is 2. The lowest BCUT2D eigenvalue weighted by Crippen LogP contribution is -2.24. The highest BCUT2D eigenvalue weighted by Crippen LogP contribution is 2.42. The first-order valence-corrected chi connectivity index (χ1v) is 8.76. The number of rotatable bonds is 6. The maximum Gasteiger partial charge on any atom is 0.352 e. The molecule has 1 aliphatic heterocycles. The van der Waals surface area contributed by atoms with E-state index in [-0.39, 0.29) is 5.91 Å². The molecule has 24 heavy (non-hydrogen) atoms. The van der Waals surface area contributed by atoms with Crippen LogP contribution in [-0.4, -0.2) is 30.0 Å². The molecule has 5 nitrogen and oxygen atoms in total. The standard InChI is InChI=1S/C18H19NO4S/c1-3-22-15-14-13(24-16(15)18(21)23-4-2)11-19(17(14)20)10-12-8-6-5-7-9-12/h5-9H,3-4,10-11H2,1-2H3. The van der Waals surface area contributed by atoms with Crippen LogP contribution in [0.15, 0.2) is 30.3 Å². The Kier molecular flexibility index (Phi) is 4.85. The van der Waals surface area contributed by atoms with Gasteiger partial charge in [-0.15, -0.1) is 11.3 Å². The number of ether oxygens (including phenoxy) is 2. The van der Waals surface area contributed by atoms with E-state index in [1.54, 1.807) is 11.8 Å². The van der Waals surface area contributed by atoms with Gasteiger partial charge >= 0.3 is 5.97 Å². The Morgan fingerprint density at radius 2 is 1.96 bits per heavy atom. The molecule has 0 atom stereocenters. The van der Waals surface area contributed by atoms with Crippen LogP contribution in [0.25, 0.3) is 0 Å². The molecule has 0 bridgehead atoms. The van der Waals surface area contributed by atoms with E-state index in [0.29, 0.717) is 42.5 Å². The van der Waals surface area contributed by atoms with Crippen LogP contribution in [0.1, 0.15) is 44.3 Å². The number of benzene rings is 1. The lowest BCUT2D eigenvalue weighted by Gasteiger charge is -2.16. The molecule has 1 amide bonds. The fraction of sp³-hybridized carbons (Fsp3) is 0.333. The molecule has 126 valence electrons. The number of thiophene rings is 1. The highest BCUT2D eigenvalue weighted by molar-refractivity contribution is 7.14. The molecule has 0 fully saturated rings. The lowest BCUT2D eigenvalue weighted by atomic mass is 10.2. The molecule has 6 heteroatoms. The average molecular weight is 345 g/mol. The quantitative estimate of drug-likeness (QED) is 0.752. The van der Waals surface area contributed by atoms with Gasteiger partial charge in [-0.1, -0.05) is 30.3 Å². The highest BCUT2D eigenvalue weighted by Gasteiger charge is 2.37. The minimum absolute atomic E-state index is 0.0934. The van der Waals surface area contributed by atoms with Crippen molar-refractivity contribution in [3.63, 3.8) is 0 Å². The maximum absolute atomic E-state index is 12.8. The summed E-state index contributed by atoms with van der Waals surface area (Å²) in [5.41, 5.74) is 1.59. The molecule has 1 aromatic carbocycles. The van der Waals surface area contributed by atoms with E-state index < -0.39 is 5.97 Å². The summed E-state index contributed by atoms with van der Waals surface area (Å²) >= 11 is 1.29. The minimum atomic E-state index is -0.428. The first-order chi connectivity index (χ1) is 11.7. The third-order valence-electron chi connectivity index (χ3n) is 3.74. The normalized spacial score (nSPS) is 13.1. The second-order valence-electron chi connectivity index (χ2n) is 5.36. The molecular formula is C18H19NO4S. The average Bonchev–Trinajstić information content (AvgIpc) is 3.07. The lowest BCUT2D eigenvalue weighted by molar-refractivity contribution is 0.0528. The zero-order chi connectivity index (χ0) is 17.1. The molecule has 0 saturated heterocycles. The first-order valence-electron chi connectivity index (χ1n) is 7.94. The Hall–Kier alpha value is -2.34. The molecule has 2 aromatic rings. The van der Waals surface area contributed by atoms with Crippen molar-refractivity contribution < 1.29 is 19.1 Å². The van der Waals surface area contributed by atoms with Crippen molar-refractivity contribution in [3.05, 3.63) is 51.2 Å². The van der Waals surface area contributed by atoms with Gasteiger partial charge in [0, 0.05) is 11.4 Å². The largest absolute Gasteiger partial charge is 0.491 e. The number of hydrogen-bond donors (Lipinski definition) is 0.